The van der Waals surface area contributed by atoms with Crippen LogP contribution in [0.4, 0.5) is 5.69 Å². The third-order valence-electron chi connectivity index (χ3n) is 4.04. The SMILES string of the molecule is Cc1ccc(C)c(-c2csc(-c3cccc(NCC(O)CO)c3)n2)c1. The number of benzene rings is 2. The van der Waals surface area contributed by atoms with Crippen LogP contribution in [0, 0.1) is 13.8 Å². The molecule has 0 aliphatic rings. The minimum atomic E-state index is -0.764. The first-order chi connectivity index (χ1) is 12.1. The Kier molecular flexibility index (Phi) is 5.48. The molecule has 0 radical (unpaired) electrons. The summed E-state index contributed by atoms with van der Waals surface area (Å²) in [4.78, 5) is 4.81. The van der Waals surface area contributed by atoms with Gasteiger partial charge in [0.2, 0.25) is 0 Å². The number of aromatic nitrogens is 1. The molecule has 0 bridgehead atoms. The van der Waals surface area contributed by atoms with Crippen LogP contribution < -0.4 is 5.32 Å². The number of nitrogens with one attached hydrogen (secondary N) is 1. The zero-order valence-corrected chi connectivity index (χ0v) is 15.2. The van der Waals surface area contributed by atoms with Crippen molar-refractivity contribution in [3.63, 3.8) is 0 Å². The molecule has 0 spiro atoms. The van der Waals surface area contributed by atoms with Crippen molar-refractivity contribution in [2.45, 2.75) is 20.0 Å². The van der Waals surface area contributed by atoms with E-state index in [2.05, 4.69) is 42.7 Å². The summed E-state index contributed by atoms with van der Waals surface area (Å²) in [5, 5.41) is 24.5. The number of thiazole rings is 1. The van der Waals surface area contributed by atoms with Crippen LogP contribution >= 0.6 is 11.3 Å². The molecule has 1 aromatic heterocycles. The van der Waals surface area contributed by atoms with E-state index in [1.54, 1.807) is 11.3 Å². The monoisotopic (exact) mass is 354 g/mol. The van der Waals surface area contributed by atoms with Gasteiger partial charge in [-0.2, -0.15) is 0 Å². The van der Waals surface area contributed by atoms with E-state index >= 15 is 0 Å². The molecule has 0 aliphatic carbocycles. The number of aliphatic hydroxyl groups excluding tert-OH is 2. The van der Waals surface area contributed by atoms with Crippen molar-refractivity contribution in [2.75, 3.05) is 18.5 Å². The van der Waals surface area contributed by atoms with Gasteiger partial charge in [-0.25, -0.2) is 4.98 Å². The molecule has 2 aromatic carbocycles. The molecule has 3 aromatic rings. The van der Waals surface area contributed by atoms with Crippen molar-refractivity contribution >= 4 is 17.0 Å². The Morgan fingerprint density at radius 1 is 1.16 bits per heavy atom. The van der Waals surface area contributed by atoms with Gasteiger partial charge in [0.05, 0.1) is 18.4 Å². The van der Waals surface area contributed by atoms with Gasteiger partial charge >= 0.3 is 0 Å². The third kappa shape index (κ3) is 4.25. The van der Waals surface area contributed by atoms with E-state index < -0.39 is 6.10 Å². The van der Waals surface area contributed by atoms with Crippen LogP contribution in [0.5, 0.6) is 0 Å². The van der Waals surface area contributed by atoms with Gasteiger partial charge in [-0.1, -0.05) is 29.8 Å². The second kappa shape index (κ2) is 7.78. The Bertz CT molecular complexity index is 860. The first-order valence-corrected chi connectivity index (χ1v) is 9.11. The minimum absolute atomic E-state index is 0.252. The predicted octanol–water partition coefficient (Wildman–Crippen LogP) is 3.86. The number of aryl methyl sites for hydroxylation is 2. The number of hydrogen-bond donors (Lipinski definition) is 3. The van der Waals surface area contributed by atoms with Crippen LogP contribution in [0.15, 0.2) is 47.8 Å². The lowest BCUT2D eigenvalue weighted by atomic mass is 10.0. The van der Waals surface area contributed by atoms with Gasteiger partial charge in [0.15, 0.2) is 0 Å². The minimum Gasteiger partial charge on any atom is -0.394 e. The molecule has 0 saturated heterocycles. The Balaban J connectivity index is 1.84. The lowest BCUT2D eigenvalue weighted by Gasteiger charge is -2.10. The number of rotatable bonds is 6. The van der Waals surface area contributed by atoms with Crippen molar-refractivity contribution in [1.29, 1.82) is 0 Å². The van der Waals surface area contributed by atoms with Gasteiger partial charge in [0, 0.05) is 28.7 Å². The van der Waals surface area contributed by atoms with Crippen LogP contribution in [-0.2, 0) is 0 Å². The van der Waals surface area contributed by atoms with Crippen LogP contribution in [-0.4, -0.2) is 34.5 Å². The molecule has 1 heterocycles. The molecule has 5 heteroatoms. The lowest BCUT2D eigenvalue weighted by Crippen LogP contribution is -2.22. The maximum Gasteiger partial charge on any atom is 0.124 e. The van der Waals surface area contributed by atoms with Gasteiger partial charge in [0.25, 0.3) is 0 Å². The molecule has 0 aliphatic heterocycles. The first-order valence-electron chi connectivity index (χ1n) is 8.23. The van der Waals surface area contributed by atoms with E-state index in [0.29, 0.717) is 6.54 Å². The fourth-order valence-electron chi connectivity index (χ4n) is 2.60. The van der Waals surface area contributed by atoms with Crippen LogP contribution in [0.3, 0.4) is 0 Å². The second-order valence-corrected chi connectivity index (χ2v) is 7.01. The van der Waals surface area contributed by atoms with Crippen molar-refractivity contribution in [3.8, 4) is 21.8 Å². The molecular weight excluding hydrogens is 332 g/mol. The molecular formula is C20H22N2O2S. The normalized spacial score (nSPS) is 12.2. The Hall–Kier alpha value is -2.21. The van der Waals surface area contributed by atoms with Gasteiger partial charge in [0.1, 0.15) is 5.01 Å². The zero-order chi connectivity index (χ0) is 17.8. The fourth-order valence-corrected chi connectivity index (χ4v) is 3.42. The molecule has 25 heavy (non-hydrogen) atoms. The smallest absolute Gasteiger partial charge is 0.124 e. The van der Waals surface area contributed by atoms with E-state index in [4.69, 9.17) is 10.1 Å². The van der Waals surface area contributed by atoms with Crippen LogP contribution in [0.2, 0.25) is 0 Å². The molecule has 1 unspecified atom stereocenters. The average molecular weight is 354 g/mol. The van der Waals surface area contributed by atoms with E-state index in [-0.39, 0.29) is 6.61 Å². The fraction of sp³-hybridized carbons (Fsp3) is 0.250. The van der Waals surface area contributed by atoms with Crippen molar-refractivity contribution < 1.29 is 10.2 Å². The van der Waals surface area contributed by atoms with Crippen molar-refractivity contribution in [1.82, 2.24) is 4.98 Å². The highest BCUT2D eigenvalue weighted by Gasteiger charge is 2.10. The highest BCUT2D eigenvalue weighted by Crippen LogP contribution is 2.31. The van der Waals surface area contributed by atoms with Gasteiger partial charge in [-0.3, -0.25) is 0 Å². The molecule has 4 nitrogen and oxygen atoms in total. The summed E-state index contributed by atoms with van der Waals surface area (Å²) in [5.41, 5.74) is 6.54. The van der Waals surface area contributed by atoms with E-state index in [1.165, 1.54) is 16.7 Å². The van der Waals surface area contributed by atoms with Crippen molar-refractivity contribution in [2.24, 2.45) is 0 Å². The zero-order valence-electron chi connectivity index (χ0n) is 14.4. The lowest BCUT2D eigenvalue weighted by molar-refractivity contribution is 0.105. The van der Waals surface area contributed by atoms with E-state index in [0.717, 1.165) is 22.0 Å². The van der Waals surface area contributed by atoms with Gasteiger partial charge in [-0.05, 0) is 37.6 Å². The molecule has 0 saturated carbocycles. The maximum absolute atomic E-state index is 9.46. The summed E-state index contributed by atoms with van der Waals surface area (Å²) in [6.07, 6.45) is -0.764. The number of aliphatic hydroxyl groups is 2. The van der Waals surface area contributed by atoms with E-state index in [1.807, 2.05) is 24.3 Å². The predicted molar refractivity (Wildman–Crippen MR) is 104 cm³/mol. The highest BCUT2D eigenvalue weighted by atomic mass is 32.1. The van der Waals surface area contributed by atoms with Crippen LogP contribution in [0.1, 0.15) is 11.1 Å². The molecule has 1 atom stereocenters. The van der Waals surface area contributed by atoms with Gasteiger partial charge in [-0.15, -0.1) is 11.3 Å². The first kappa shape index (κ1) is 17.6. The molecule has 3 N–H and O–H groups in total. The Labute approximate surface area is 151 Å². The summed E-state index contributed by atoms with van der Waals surface area (Å²) < 4.78 is 0. The third-order valence-corrected chi connectivity index (χ3v) is 4.93. The molecule has 130 valence electrons. The Morgan fingerprint density at radius 2 is 2.00 bits per heavy atom. The van der Waals surface area contributed by atoms with E-state index in [9.17, 15) is 5.11 Å². The second-order valence-electron chi connectivity index (χ2n) is 6.15. The van der Waals surface area contributed by atoms with Gasteiger partial charge < -0.3 is 15.5 Å². The largest absolute Gasteiger partial charge is 0.394 e. The molecule has 3 rings (SSSR count). The molecule has 0 amide bonds. The summed E-state index contributed by atoms with van der Waals surface area (Å²) in [5.74, 6) is 0. The standard InChI is InChI=1S/C20H22N2O2S/c1-13-6-7-14(2)18(8-13)19-12-25-20(22-19)15-4-3-5-16(9-15)21-10-17(24)11-23/h3-9,12,17,21,23-24H,10-11H2,1-2H3. The number of nitrogens with zero attached hydrogens (tertiary/aromatic N) is 1. The summed E-state index contributed by atoms with van der Waals surface area (Å²) in [6, 6.07) is 14.3. The highest BCUT2D eigenvalue weighted by molar-refractivity contribution is 7.13. The van der Waals surface area contributed by atoms with Crippen molar-refractivity contribution in [3.05, 3.63) is 59.0 Å². The molecule has 0 fully saturated rings. The number of hydrogen-bond acceptors (Lipinski definition) is 5. The van der Waals surface area contributed by atoms with Crippen LogP contribution in [0.25, 0.3) is 21.8 Å². The Morgan fingerprint density at radius 3 is 2.80 bits per heavy atom. The topological polar surface area (TPSA) is 65.4 Å². The summed E-state index contributed by atoms with van der Waals surface area (Å²) in [6.45, 7) is 4.25. The number of anilines is 1. The quantitative estimate of drug-likeness (QED) is 0.629. The summed E-state index contributed by atoms with van der Waals surface area (Å²) in [7, 11) is 0. The average Bonchev–Trinajstić information content (AvgIpc) is 3.12. The summed E-state index contributed by atoms with van der Waals surface area (Å²) >= 11 is 1.62. The maximum atomic E-state index is 9.46.